The number of hydrogen-bond acceptors (Lipinski definition) is 6. The highest BCUT2D eigenvalue weighted by atomic mass is 32.2. The van der Waals surface area contributed by atoms with E-state index in [4.69, 9.17) is 5.14 Å². The monoisotopic (exact) mass is 363 g/mol. The molecule has 0 amide bonds. The Balaban J connectivity index is 2.00. The molecule has 0 saturated carbocycles. The molecule has 0 aliphatic rings. The number of benzene rings is 1. The average molecular weight is 363 g/mol. The molecular formula is C17H25N5O2S. The van der Waals surface area contributed by atoms with Gasteiger partial charge in [0.15, 0.2) is 0 Å². The summed E-state index contributed by atoms with van der Waals surface area (Å²) in [5, 5.41) is 8.33. The first-order valence-electron chi connectivity index (χ1n) is 8.29. The lowest BCUT2D eigenvalue weighted by Crippen LogP contribution is -2.24. The summed E-state index contributed by atoms with van der Waals surface area (Å²) in [5.74, 6) is 1.51. The zero-order chi connectivity index (χ0) is 18.4. The fourth-order valence-electron chi connectivity index (χ4n) is 2.51. The Labute approximate surface area is 149 Å². The summed E-state index contributed by atoms with van der Waals surface area (Å²) >= 11 is 0. The number of hydrogen-bond donors (Lipinski definition) is 2. The molecule has 1 heterocycles. The molecule has 0 fully saturated rings. The number of sulfonamides is 1. The smallest absolute Gasteiger partial charge is 0.238 e. The Morgan fingerprint density at radius 2 is 1.76 bits per heavy atom. The second-order valence-electron chi connectivity index (χ2n) is 5.73. The zero-order valence-electron chi connectivity index (χ0n) is 14.9. The molecule has 1 aromatic heterocycles. The van der Waals surface area contributed by atoms with Gasteiger partial charge in [0.2, 0.25) is 16.0 Å². The molecule has 0 radical (unpaired) electrons. The van der Waals surface area contributed by atoms with Gasteiger partial charge in [-0.2, -0.15) is 4.98 Å². The van der Waals surface area contributed by atoms with Crippen molar-refractivity contribution in [2.75, 3.05) is 29.9 Å². The van der Waals surface area contributed by atoms with Crippen molar-refractivity contribution >= 4 is 21.8 Å². The number of anilines is 2. The zero-order valence-corrected chi connectivity index (χ0v) is 15.7. The number of nitrogens with zero attached hydrogens (tertiary/aromatic N) is 3. The SMILES string of the molecule is CCN(CC)c1cc(C)nc(NCCc2ccc(S(N)(=O)=O)cc2)n1. The van der Waals surface area contributed by atoms with Crippen molar-refractivity contribution in [3.8, 4) is 0 Å². The highest BCUT2D eigenvalue weighted by Crippen LogP contribution is 2.15. The van der Waals surface area contributed by atoms with Gasteiger partial charge >= 0.3 is 0 Å². The molecule has 136 valence electrons. The lowest BCUT2D eigenvalue weighted by molar-refractivity contribution is 0.598. The predicted octanol–water partition coefficient (Wildman–Crippen LogP) is 1.93. The normalized spacial score (nSPS) is 11.4. The second-order valence-corrected chi connectivity index (χ2v) is 7.29. The van der Waals surface area contributed by atoms with E-state index in [0.29, 0.717) is 12.5 Å². The van der Waals surface area contributed by atoms with Gasteiger partial charge in [0.1, 0.15) is 5.82 Å². The van der Waals surface area contributed by atoms with Crippen LogP contribution in [0.2, 0.25) is 0 Å². The van der Waals surface area contributed by atoms with Crippen molar-refractivity contribution in [1.82, 2.24) is 9.97 Å². The van der Waals surface area contributed by atoms with Crippen molar-refractivity contribution in [3.63, 3.8) is 0 Å². The van der Waals surface area contributed by atoms with E-state index < -0.39 is 10.0 Å². The third kappa shape index (κ3) is 5.40. The predicted molar refractivity (Wildman–Crippen MR) is 100 cm³/mol. The minimum atomic E-state index is -3.65. The molecule has 2 aromatic rings. The second kappa shape index (κ2) is 8.26. The van der Waals surface area contributed by atoms with Crippen LogP contribution in [0.5, 0.6) is 0 Å². The maximum Gasteiger partial charge on any atom is 0.238 e. The van der Waals surface area contributed by atoms with E-state index in [1.54, 1.807) is 12.1 Å². The molecule has 0 aliphatic heterocycles. The molecule has 2 rings (SSSR count). The Bertz CT molecular complexity index is 802. The van der Waals surface area contributed by atoms with Crippen molar-refractivity contribution in [2.24, 2.45) is 5.14 Å². The van der Waals surface area contributed by atoms with E-state index in [1.165, 1.54) is 12.1 Å². The Morgan fingerprint density at radius 1 is 1.12 bits per heavy atom. The van der Waals surface area contributed by atoms with Crippen molar-refractivity contribution < 1.29 is 8.42 Å². The van der Waals surface area contributed by atoms with Crippen LogP contribution >= 0.6 is 0 Å². The lowest BCUT2D eigenvalue weighted by Gasteiger charge is -2.20. The minimum Gasteiger partial charge on any atom is -0.357 e. The maximum atomic E-state index is 11.3. The van der Waals surface area contributed by atoms with Crippen LogP contribution in [-0.2, 0) is 16.4 Å². The molecule has 0 spiro atoms. The molecule has 0 unspecified atom stereocenters. The van der Waals surface area contributed by atoms with E-state index in [-0.39, 0.29) is 4.90 Å². The fourth-order valence-corrected chi connectivity index (χ4v) is 3.02. The third-order valence-corrected chi connectivity index (χ3v) is 4.81. The van der Waals surface area contributed by atoms with E-state index >= 15 is 0 Å². The van der Waals surface area contributed by atoms with Gasteiger partial charge in [0.25, 0.3) is 0 Å². The maximum absolute atomic E-state index is 11.3. The topological polar surface area (TPSA) is 101 Å². The van der Waals surface area contributed by atoms with Crippen molar-refractivity contribution in [1.29, 1.82) is 0 Å². The van der Waals surface area contributed by atoms with Crippen LogP contribution in [0.4, 0.5) is 11.8 Å². The van der Waals surface area contributed by atoms with E-state index in [1.807, 2.05) is 13.0 Å². The molecule has 0 bridgehead atoms. The van der Waals surface area contributed by atoms with Crippen LogP contribution < -0.4 is 15.4 Å². The van der Waals surface area contributed by atoms with Gasteiger partial charge < -0.3 is 10.2 Å². The van der Waals surface area contributed by atoms with Crippen LogP contribution in [0.15, 0.2) is 35.2 Å². The molecule has 8 heteroatoms. The van der Waals surface area contributed by atoms with E-state index in [2.05, 4.69) is 34.0 Å². The summed E-state index contributed by atoms with van der Waals surface area (Å²) in [5.41, 5.74) is 1.92. The van der Waals surface area contributed by atoms with Gasteiger partial charge in [-0.15, -0.1) is 0 Å². The molecule has 0 aliphatic carbocycles. The van der Waals surface area contributed by atoms with E-state index in [0.717, 1.165) is 36.6 Å². The first-order chi connectivity index (χ1) is 11.8. The molecule has 0 atom stereocenters. The lowest BCUT2D eigenvalue weighted by atomic mass is 10.1. The summed E-state index contributed by atoms with van der Waals surface area (Å²) in [6.07, 6.45) is 0.725. The van der Waals surface area contributed by atoms with Crippen LogP contribution in [0.1, 0.15) is 25.1 Å². The average Bonchev–Trinajstić information content (AvgIpc) is 2.55. The minimum absolute atomic E-state index is 0.120. The third-order valence-electron chi connectivity index (χ3n) is 3.88. The largest absolute Gasteiger partial charge is 0.357 e. The first kappa shape index (κ1) is 19.1. The Hall–Kier alpha value is -2.19. The molecular weight excluding hydrogens is 338 g/mol. The van der Waals surface area contributed by atoms with Crippen LogP contribution in [0, 0.1) is 6.92 Å². The Kier molecular flexibility index (Phi) is 6.33. The van der Waals surface area contributed by atoms with Gasteiger partial charge in [0.05, 0.1) is 4.90 Å². The van der Waals surface area contributed by atoms with Gasteiger partial charge in [-0.3, -0.25) is 0 Å². The molecule has 7 nitrogen and oxygen atoms in total. The molecule has 25 heavy (non-hydrogen) atoms. The fraction of sp³-hybridized carbons (Fsp3) is 0.412. The number of nitrogens with two attached hydrogens (primary N) is 1. The van der Waals surface area contributed by atoms with E-state index in [9.17, 15) is 8.42 Å². The summed E-state index contributed by atoms with van der Waals surface area (Å²) in [6, 6.07) is 8.54. The van der Waals surface area contributed by atoms with Crippen LogP contribution in [-0.4, -0.2) is 38.0 Å². The number of nitrogens with one attached hydrogen (secondary N) is 1. The summed E-state index contributed by atoms with van der Waals surface area (Å²) < 4.78 is 22.5. The van der Waals surface area contributed by atoms with Crippen molar-refractivity contribution in [3.05, 3.63) is 41.6 Å². The number of aryl methyl sites for hydroxylation is 1. The highest BCUT2D eigenvalue weighted by Gasteiger charge is 2.08. The van der Waals surface area contributed by atoms with Crippen LogP contribution in [0.25, 0.3) is 0 Å². The summed E-state index contributed by atoms with van der Waals surface area (Å²) in [6.45, 7) is 8.58. The summed E-state index contributed by atoms with van der Waals surface area (Å²) in [4.78, 5) is 11.3. The standard InChI is InChI=1S/C17H25N5O2S/c1-4-22(5-2)16-12-13(3)20-17(21-16)19-11-10-14-6-8-15(9-7-14)25(18,23)24/h6-9,12H,4-5,10-11H2,1-3H3,(H2,18,23,24)(H,19,20,21). The van der Waals surface area contributed by atoms with Crippen LogP contribution in [0.3, 0.4) is 0 Å². The van der Waals surface area contributed by atoms with Gasteiger partial charge in [0, 0.05) is 31.4 Å². The van der Waals surface area contributed by atoms with Crippen molar-refractivity contribution in [2.45, 2.75) is 32.1 Å². The molecule has 1 aromatic carbocycles. The van der Waals surface area contributed by atoms with Gasteiger partial charge in [-0.05, 0) is 44.9 Å². The molecule has 3 N–H and O–H groups in total. The molecule has 0 saturated heterocycles. The Morgan fingerprint density at radius 3 is 2.32 bits per heavy atom. The summed E-state index contributed by atoms with van der Waals surface area (Å²) in [7, 11) is -3.65. The highest BCUT2D eigenvalue weighted by molar-refractivity contribution is 7.89. The van der Waals surface area contributed by atoms with Gasteiger partial charge in [-0.1, -0.05) is 12.1 Å². The first-order valence-corrected chi connectivity index (χ1v) is 9.84. The number of rotatable bonds is 8. The number of aromatic nitrogens is 2. The number of primary sulfonamides is 1. The van der Waals surface area contributed by atoms with Gasteiger partial charge in [-0.25, -0.2) is 18.5 Å². The quantitative estimate of drug-likeness (QED) is 0.743.